The minimum Gasteiger partial charge on any atom is -0.383 e. The van der Waals surface area contributed by atoms with Gasteiger partial charge < -0.3 is 5.32 Å². The van der Waals surface area contributed by atoms with E-state index in [2.05, 4.69) is 35.1 Å². The Labute approximate surface area is 112 Å². The topological polar surface area (TPSA) is 12.0 Å². The zero-order chi connectivity index (χ0) is 12.7. The van der Waals surface area contributed by atoms with E-state index >= 15 is 0 Å². The first-order chi connectivity index (χ1) is 8.13. The summed E-state index contributed by atoms with van der Waals surface area (Å²) >= 11 is 3.15. The smallest absolute Gasteiger partial charge is 0.139 e. The summed E-state index contributed by atoms with van der Waals surface area (Å²) in [6.45, 7) is 4.36. The lowest BCUT2D eigenvalue weighted by Crippen LogP contribution is -2.14. The number of nitrogens with one attached hydrogen (secondary N) is 1. The van der Waals surface area contributed by atoms with E-state index in [1.165, 1.54) is 31.7 Å². The van der Waals surface area contributed by atoms with Gasteiger partial charge in [-0.2, -0.15) is 0 Å². The lowest BCUT2D eigenvalue weighted by Gasteiger charge is -2.15. The second kappa shape index (κ2) is 7.70. The van der Waals surface area contributed by atoms with Gasteiger partial charge in [-0.1, -0.05) is 32.6 Å². The van der Waals surface area contributed by atoms with Crippen molar-refractivity contribution in [3.05, 3.63) is 28.5 Å². The van der Waals surface area contributed by atoms with E-state index in [4.69, 9.17) is 0 Å². The number of halogens is 2. The van der Waals surface area contributed by atoms with Crippen LogP contribution in [-0.2, 0) is 0 Å². The summed E-state index contributed by atoms with van der Waals surface area (Å²) in [5, 5.41) is 3.33. The first-order valence-electron chi connectivity index (χ1n) is 6.35. The monoisotopic (exact) mass is 301 g/mol. The van der Waals surface area contributed by atoms with Crippen molar-refractivity contribution in [2.75, 3.05) is 5.32 Å². The van der Waals surface area contributed by atoms with Crippen LogP contribution in [-0.4, -0.2) is 6.04 Å². The molecule has 0 aromatic heterocycles. The van der Waals surface area contributed by atoms with Crippen LogP contribution in [0.4, 0.5) is 10.1 Å². The van der Waals surface area contributed by atoms with E-state index in [0.29, 0.717) is 10.5 Å². The Hall–Kier alpha value is -0.570. The third-order valence-electron chi connectivity index (χ3n) is 2.82. The molecule has 96 valence electrons. The first kappa shape index (κ1) is 14.5. The van der Waals surface area contributed by atoms with Gasteiger partial charge >= 0.3 is 0 Å². The Balaban J connectivity index is 2.34. The van der Waals surface area contributed by atoms with Crippen LogP contribution in [0.5, 0.6) is 0 Å². The van der Waals surface area contributed by atoms with Crippen molar-refractivity contribution in [3.63, 3.8) is 0 Å². The quantitative estimate of drug-likeness (QED) is 0.669. The molecule has 0 amide bonds. The highest BCUT2D eigenvalue weighted by molar-refractivity contribution is 9.10. The number of unbranched alkanes of at least 4 members (excludes halogenated alkanes) is 3. The Morgan fingerprint density at radius 2 is 2.06 bits per heavy atom. The minimum atomic E-state index is -0.215. The molecule has 0 aliphatic rings. The average Bonchev–Trinajstić information content (AvgIpc) is 2.30. The molecule has 1 aromatic rings. The molecule has 0 fully saturated rings. The van der Waals surface area contributed by atoms with Crippen LogP contribution in [0.3, 0.4) is 0 Å². The number of hydrogen-bond acceptors (Lipinski definition) is 1. The molecule has 0 spiro atoms. The highest BCUT2D eigenvalue weighted by atomic mass is 79.9. The van der Waals surface area contributed by atoms with Gasteiger partial charge in [-0.15, -0.1) is 0 Å². The van der Waals surface area contributed by atoms with Gasteiger partial charge in [0.05, 0.1) is 4.47 Å². The Morgan fingerprint density at radius 1 is 1.29 bits per heavy atom. The summed E-state index contributed by atoms with van der Waals surface area (Å²) in [6.07, 6.45) is 6.23. The van der Waals surface area contributed by atoms with Crippen molar-refractivity contribution in [2.45, 2.75) is 52.0 Å². The summed E-state index contributed by atoms with van der Waals surface area (Å²) in [4.78, 5) is 0. The van der Waals surface area contributed by atoms with Crippen molar-refractivity contribution in [1.29, 1.82) is 0 Å². The number of rotatable bonds is 7. The van der Waals surface area contributed by atoms with E-state index < -0.39 is 0 Å². The van der Waals surface area contributed by atoms with Crippen LogP contribution in [0.1, 0.15) is 46.0 Å². The SMILES string of the molecule is CCCCCCC(C)Nc1ccc(Br)c(F)c1. The van der Waals surface area contributed by atoms with Crippen molar-refractivity contribution >= 4 is 21.6 Å². The van der Waals surface area contributed by atoms with E-state index in [1.807, 2.05) is 6.07 Å². The molecular weight excluding hydrogens is 281 g/mol. The summed E-state index contributed by atoms with van der Waals surface area (Å²) in [6, 6.07) is 5.57. The van der Waals surface area contributed by atoms with Crippen molar-refractivity contribution in [2.24, 2.45) is 0 Å². The molecule has 1 atom stereocenters. The summed E-state index contributed by atoms with van der Waals surface area (Å²) in [7, 11) is 0. The molecule has 0 saturated heterocycles. The fourth-order valence-electron chi connectivity index (χ4n) is 1.82. The largest absolute Gasteiger partial charge is 0.383 e. The maximum absolute atomic E-state index is 13.3. The van der Waals surface area contributed by atoms with E-state index in [0.717, 1.165) is 12.1 Å². The van der Waals surface area contributed by atoms with Crippen molar-refractivity contribution in [1.82, 2.24) is 0 Å². The predicted molar refractivity (Wildman–Crippen MR) is 75.9 cm³/mol. The highest BCUT2D eigenvalue weighted by Crippen LogP contribution is 2.20. The predicted octanol–water partition coefficient (Wildman–Crippen LogP) is 5.36. The zero-order valence-electron chi connectivity index (χ0n) is 10.6. The second-order valence-electron chi connectivity index (χ2n) is 4.52. The lowest BCUT2D eigenvalue weighted by molar-refractivity contribution is 0.592. The van der Waals surface area contributed by atoms with E-state index in [-0.39, 0.29) is 5.82 Å². The molecule has 1 N–H and O–H groups in total. The van der Waals surface area contributed by atoms with E-state index in [9.17, 15) is 4.39 Å². The molecule has 1 unspecified atom stereocenters. The fraction of sp³-hybridized carbons (Fsp3) is 0.571. The van der Waals surface area contributed by atoms with Gasteiger partial charge in [-0.05, 0) is 47.5 Å². The maximum Gasteiger partial charge on any atom is 0.139 e. The third kappa shape index (κ3) is 5.53. The zero-order valence-corrected chi connectivity index (χ0v) is 12.2. The molecule has 0 saturated carbocycles. The minimum absolute atomic E-state index is 0.215. The normalized spacial score (nSPS) is 12.5. The Morgan fingerprint density at radius 3 is 2.71 bits per heavy atom. The Bertz CT molecular complexity index is 341. The van der Waals surface area contributed by atoms with E-state index in [1.54, 1.807) is 6.07 Å². The molecule has 0 aliphatic carbocycles. The Kier molecular flexibility index (Phi) is 6.56. The standard InChI is InChI=1S/C14H21BrFN/c1-3-4-5-6-7-11(2)17-12-8-9-13(15)14(16)10-12/h8-11,17H,3-7H2,1-2H3. The maximum atomic E-state index is 13.3. The highest BCUT2D eigenvalue weighted by Gasteiger charge is 2.04. The van der Waals surface area contributed by atoms with Gasteiger partial charge in [0, 0.05) is 11.7 Å². The molecule has 1 rings (SSSR count). The molecular formula is C14H21BrFN. The number of anilines is 1. The molecule has 1 nitrogen and oxygen atoms in total. The van der Waals surface area contributed by atoms with Crippen molar-refractivity contribution < 1.29 is 4.39 Å². The van der Waals surface area contributed by atoms with Gasteiger partial charge in [0.25, 0.3) is 0 Å². The van der Waals surface area contributed by atoms with Gasteiger partial charge in [0.2, 0.25) is 0 Å². The summed E-state index contributed by atoms with van der Waals surface area (Å²) in [5.41, 5.74) is 0.855. The molecule has 0 heterocycles. The third-order valence-corrected chi connectivity index (χ3v) is 3.47. The second-order valence-corrected chi connectivity index (χ2v) is 5.38. The molecule has 0 aliphatic heterocycles. The van der Waals surface area contributed by atoms with Gasteiger partial charge in [-0.25, -0.2) is 4.39 Å². The van der Waals surface area contributed by atoms with Crippen LogP contribution < -0.4 is 5.32 Å². The first-order valence-corrected chi connectivity index (χ1v) is 7.14. The van der Waals surface area contributed by atoms with Crippen LogP contribution in [0.25, 0.3) is 0 Å². The average molecular weight is 302 g/mol. The van der Waals surface area contributed by atoms with Gasteiger partial charge in [0.1, 0.15) is 5.82 Å². The lowest BCUT2D eigenvalue weighted by atomic mass is 10.1. The molecule has 0 bridgehead atoms. The molecule has 0 radical (unpaired) electrons. The fourth-order valence-corrected chi connectivity index (χ4v) is 2.07. The summed E-state index contributed by atoms with van der Waals surface area (Å²) in [5.74, 6) is -0.215. The number of hydrogen-bond donors (Lipinski definition) is 1. The number of benzene rings is 1. The summed E-state index contributed by atoms with van der Waals surface area (Å²) < 4.78 is 13.8. The van der Waals surface area contributed by atoms with Crippen LogP contribution >= 0.6 is 15.9 Å². The molecule has 3 heteroatoms. The van der Waals surface area contributed by atoms with Gasteiger partial charge in [0.15, 0.2) is 0 Å². The van der Waals surface area contributed by atoms with Crippen LogP contribution in [0.15, 0.2) is 22.7 Å². The van der Waals surface area contributed by atoms with Crippen LogP contribution in [0.2, 0.25) is 0 Å². The van der Waals surface area contributed by atoms with Crippen molar-refractivity contribution in [3.8, 4) is 0 Å². The molecule has 17 heavy (non-hydrogen) atoms. The van der Waals surface area contributed by atoms with Gasteiger partial charge in [-0.3, -0.25) is 0 Å². The van der Waals surface area contributed by atoms with Crippen LogP contribution in [0, 0.1) is 5.82 Å². The molecule has 1 aromatic carbocycles.